The first kappa shape index (κ1) is 12.7. The fourth-order valence-corrected chi connectivity index (χ4v) is 2.36. The summed E-state index contributed by atoms with van der Waals surface area (Å²) in [5.74, 6) is -0.262. The fourth-order valence-electron chi connectivity index (χ4n) is 1.10. The number of hydrogen-bond donors (Lipinski definition) is 1. The molecule has 1 N–H and O–H groups in total. The SMILES string of the molecule is CC(=O)Nc1cccc(S(=O)(=O)C=CCl)c1. The lowest BCUT2D eigenvalue weighted by atomic mass is 10.3. The smallest absolute Gasteiger partial charge is 0.221 e. The van der Waals surface area contributed by atoms with Crippen molar-refractivity contribution in [2.75, 3.05) is 5.32 Å². The van der Waals surface area contributed by atoms with Crippen LogP contribution in [0.15, 0.2) is 40.1 Å². The molecule has 6 heteroatoms. The van der Waals surface area contributed by atoms with E-state index in [0.29, 0.717) is 5.69 Å². The molecule has 0 aromatic heterocycles. The lowest BCUT2D eigenvalue weighted by molar-refractivity contribution is -0.114. The molecular formula is C10H10ClNO3S. The summed E-state index contributed by atoms with van der Waals surface area (Å²) in [4.78, 5) is 10.9. The highest BCUT2D eigenvalue weighted by atomic mass is 35.5. The van der Waals surface area contributed by atoms with Gasteiger partial charge in [-0.3, -0.25) is 4.79 Å². The van der Waals surface area contributed by atoms with Crippen LogP contribution in [0.5, 0.6) is 0 Å². The van der Waals surface area contributed by atoms with Crippen LogP contribution >= 0.6 is 11.6 Å². The average molecular weight is 260 g/mol. The van der Waals surface area contributed by atoms with Crippen molar-refractivity contribution in [3.8, 4) is 0 Å². The Labute approximate surface area is 98.8 Å². The maximum Gasteiger partial charge on any atom is 0.221 e. The predicted octanol–water partition coefficient (Wildman–Crippen LogP) is 2.13. The topological polar surface area (TPSA) is 63.2 Å². The van der Waals surface area contributed by atoms with Gasteiger partial charge in [0.05, 0.1) is 4.90 Å². The van der Waals surface area contributed by atoms with E-state index in [4.69, 9.17) is 11.6 Å². The van der Waals surface area contributed by atoms with Gasteiger partial charge < -0.3 is 5.32 Å². The van der Waals surface area contributed by atoms with E-state index in [1.54, 1.807) is 12.1 Å². The highest BCUT2D eigenvalue weighted by molar-refractivity contribution is 7.94. The summed E-state index contributed by atoms with van der Waals surface area (Å²) in [6.45, 7) is 1.35. The van der Waals surface area contributed by atoms with Crippen LogP contribution < -0.4 is 5.32 Å². The summed E-state index contributed by atoms with van der Waals surface area (Å²) in [7, 11) is -3.53. The second kappa shape index (κ2) is 5.14. The van der Waals surface area contributed by atoms with E-state index in [9.17, 15) is 13.2 Å². The molecule has 1 aromatic rings. The van der Waals surface area contributed by atoms with Crippen LogP contribution in [-0.2, 0) is 14.6 Å². The van der Waals surface area contributed by atoms with Crippen molar-refractivity contribution in [3.63, 3.8) is 0 Å². The first-order chi connectivity index (χ1) is 7.45. The van der Waals surface area contributed by atoms with Gasteiger partial charge in [0.2, 0.25) is 15.7 Å². The molecule has 0 unspecified atom stereocenters. The maximum absolute atomic E-state index is 11.6. The molecule has 16 heavy (non-hydrogen) atoms. The van der Waals surface area contributed by atoms with Crippen molar-refractivity contribution in [2.45, 2.75) is 11.8 Å². The van der Waals surface area contributed by atoms with Crippen LogP contribution in [0.25, 0.3) is 0 Å². The quantitative estimate of drug-likeness (QED) is 0.904. The summed E-state index contributed by atoms with van der Waals surface area (Å²) in [5.41, 5.74) is 1.36. The number of anilines is 1. The monoisotopic (exact) mass is 259 g/mol. The van der Waals surface area contributed by atoms with Crippen molar-refractivity contribution in [3.05, 3.63) is 35.2 Å². The molecule has 0 saturated heterocycles. The number of hydrogen-bond acceptors (Lipinski definition) is 3. The van der Waals surface area contributed by atoms with Gasteiger partial charge in [0, 0.05) is 23.6 Å². The lowest BCUT2D eigenvalue weighted by Gasteiger charge is -2.04. The van der Waals surface area contributed by atoms with E-state index >= 15 is 0 Å². The predicted molar refractivity (Wildman–Crippen MR) is 62.9 cm³/mol. The van der Waals surface area contributed by atoms with E-state index in [2.05, 4.69) is 5.32 Å². The zero-order valence-corrected chi connectivity index (χ0v) is 10.0. The van der Waals surface area contributed by atoms with Gasteiger partial charge in [-0.15, -0.1) is 0 Å². The molecule has 0 saturated carbocycles. The molecule has 0 radical (unpaired) electrons. The molecule has 0 bridgehead atoms. The Hall–Kier alpha value is -1.33. The van der Waals surface area contributed by atoms with E-state index in [0.717, 1.165) is 10.9 Å². The van der Waals surface area contributed by atoms with Crippen LogP contribution in [0.1, 0.15) is 6.92 Å². The highest BCUT2D eigenvalue weighted by Crippen LogP contribution is 2.17. The van der Waals surface area contributed by atoms with E-state index < -0.39 is 9.84 Å². The third-order valence-electron chi connectivity index (χ3n) is 1.71. The van der Waals surface area contributed by atoms with Gasteiger partial charge in [0.1, 0.15) is 0 Å². The van der Waals surface area contributed by atoms with Crippen LogP contribution in [-0.4, -0.2) is 14.3 Å². The molecule has 0 aliphatic rings. The van der Waals surface area contributed by atoms with Crippen molar-refractivity contribution in [1.82, 2.24) is 0 Å². The van der Waals surface area contributed by atoms with Crippen molar-refractivity contribution in [2.24, 2.45) is 0 Å². The summed E-state index contributed by atoms with van der Waals surface area (Å²) >= 11 is 5.23. The molecule has 1 amide bonds. The van der Waals surface area contributed by atoms with Gasteiger partial charge in [0.25, 0.3) is 0 Å². The van der Waals surface area contributed by atoms with Gasteiger partial charge in [-0.2, -0.15) is 0 Å². The van der Waals surface area contributed by atoms with Gasteiger partial charge in [-0.25, -0.2) is 8.42 Å². The average Bonchev–Trinajstić information content (AvgIpc) is 2.17. The number of carbonyl (C=O) groups is 1. The summed E-state index contributed by atoms with van der Waals surface area (Å²) in [6.07, 6.45) is 0. The number of sulfone groups is 1. The first-order valence-corrected chi connectivity index (χ1v) is 6.33. The Bertz CT molecular complexity index is 523. The summed E-state index contributed by atoms with van der Waals surface area (Å²) in [6, 6.07) is 5.94. The van der Waals surface area contributed by atoms with Crippen LogP contribution in [0, 0.1) is 0 Å². The molecule has 0 aliphatic carbocycles. The van der Waals surface area contributed by atoms with Crippen LogP contribution in [0.4, 0.5) is 5.69 Å². The molecular weight excluding hydrogens is 250 g/mol. The van der Waals surface area contributed by atoms with Crippen molar-refractivity contribution < 1.29 is 13.2 Å². The Morgan fingerprint density at radius 1 is 1.44 bits per heavy atom. The Morgan fingerprint density at radius 3 is 2.69 bits per heavy atom. The number of halogens is 1. The van der Waals surface area contributed by atoms with Crippen LogP contribution in [0.3, 0.4) is 0 Å². The highest BCUT2D eigenvalue weighted by Gasteiger charge is 2.10. The first-order valence-electron chi connectivity index (χ1n) is 4.35. The molecule has 1 rings (SSSR count). The standard InChI is InChI=1S/C10H10ClNO3S/c1-8(13)12-9-3-2-4-10(7-9)16(14,15)6-5-11/h2-7H,1H3,(H,12,13). The zero-order valence-electron chi connectivity index (χ0n) is 8.48. The lowest BCUT2D eigenvalue weighted by Crippen LogP contribution is -2.06. The third-order valence-corrected chi connectivity index (χ3v) is 3.39. The Morgan fingerprint density at radius 2 is 2.12 bits per heavy atom. The zero-order chi connectivity index (χ0) is 12.2. The molecule has 0 aliphatic heterocycles. The summed E-state index contributed by atoms with van der Waals surface area (Å²) < 4.78 is 23.2. The molecule has 86 valence electrons. The second-order valence-corrected chi connectivity index (χ2v) is 5.10. The van der Waals surface area contributed by atoms with Gasteiger partial charge >= 0.3 is 0 Å². The molecule has 0 atom stereocenters. The van der Waals surface area contributed by atoms with Gasteiger partial charge in [-0.1, -0.05) is 17.7 Å². The molecule has 0 spiro atoms. The minimum absolute atomic E-state index is 0.0793. The second-order valence-electron chi connectivity index (χ2n) is 3.02. The fraction of sp³-hybridized carbons (Fsp3) is 0.100. The molecule has 0 fully saturated rings. The van der Waals surface area contributed by atoms with Gasteiger partial charge in [0.15, 0.2) is 0 Å². The minimum atomic E-state index is -3.53. The molecule has 1 aromatic carbocycles. The van der Waals surface area contributed by atoms with Gasteiger partial charge in [-0.05, 0) is 18.2 Å². The normalized spacial score (nSPS) is 11.6. The summed E-state index contributed by atoms with van der Waals surface area (Å²) in [5, 5.41) is 3.39. The molecule has 4 nitrogen and oxygen atoms in total. The van der Waals surface area contributed by atoms with Crippen molar-refractivity contribution >= 4 is 33.0 Å². The van der Waals surface area contributed by atoms with Crippen LogP contribution in [0.2, 0.25) is 0 Å². The minimum Gasteiger partial charge on any atom is -0.326 e. The number of amides is 1. The van der Waals surface area contributed by atoms with E-state index in [1.807, 2.05) is 0 Å². The number of rotatable bonds is 3. The Kier molecular flexibility index (Phi) is 4.09. The van der Waals surface area contributed by atoms with E-state index in [1.165, 1.54) is 19.1 Å². The Balaban J connectivity index is 3.13. The maximum atomic E-state index is 11.6. The largest absolute Gasteiger partial charge is 0.326 e. The third kappa shape index (κ3) is 3.36. The number of carbonyl (C=O) groups excluding carboxylic acids is 1. The van der Waals surface area contributed by atoms with E-state index in [-0.39, 0.29) is 10.8 Å². The number of benzene rings is 1. The van der Waals surface area contributed by atoms with Crippen molar-refractivity contribution in [1.29, 1.82) is 0 Å². The number of nitrogens with one attached hydrogen (secondary N) is 1. The molecule has 0 heterocycles.